The highest BCUT2D eigenvalue weighted by Gasteiger charge is 2.01. The molecule has 2 N–H and O–H groups in total. The molecule has 5 nitrogen and oxygen atoms in total. The van der Waals surface area contributed by atoms with Gasteiger partial charge in [-0.25, -0.2) is 4.39 Å². The van der Waals surface area contributed by atoms with Gasteiger partial charge in [-0.05, 0) is 31.4 Å². The van der Waals surface area contributed by atoms with Crippen LogP contribution in [0.15, 0.2) is 29.3 Å². The molecule has 0 aliphatic rings. The topological polar surface area (TPSA) is 54.9 Å². The van der Waals surface area contributed by atoms with Crippen molar-refractivity contribution in [3.63, 3.8) is 0 Å². The van der Waals surface area contributed by atoms with Gasteiger partial charge in [-0.3, -0.25) is 4.99 Å². The lowest BCUT2D eigenvalue weighted by molar-refractivity contribution is 0.0702. The van der Waals surface area contributed by atoms with Crippen molar-refractivity contribution < 1.29 is 13.9 Å². The van der Waals surface area contributed by atoms with Gasteiger partial charge in [0.25, 0.3) is 0 Å². The van der Waals surface area contributed by atoms with E-state index in [9.17, 15) is 4.39 Å². The molecule has 0 amide bonds. The number of guanidine groups is 1. The van der Waals surface area contributed by atoms with Gasteiger partial charge in [-0.15, -0.1) is 0 Å². The molecule has 0 spiro atoms. The molecule has 0 bridgehead atoms. The van der Waals surface area contributed by atoms with Crippen LogP contribution < -0.4 is 10.6 Å². The largest absolute Gasteiger partial charge is 0.382 e. The third-order valence-electron chi connectivity index (χ3n) is 3.14. The van der Waals surface area contributed by atoms with Crippen molar-refractivity contribution in [3.8, 4) is 0 Å². The number of rotatable bonds is 11. The Bertz CT molecular complexity index is 455. The lowest BCUT2D eigenvalue weighted by Crippen LogP contribution is -2.38. The second kappa shape index (κ2) is 12.8. The first-order valence-corrected chi connectivity index (χ1v) is 8.10. The molecule has 0 saturated carbocycles. The fraction of sp³-hybridized carbons (Fsp3) is 0.588. The average Bonchev–Trinajstić information content (AvgIpc) is 2.55. The monoisotopic (exact) mass is 325 g/mol. The first-order chi connectivity index (χ1) is 11.3. The standard InChI is InChI=1S/C17H28FN3O2/c1-3-19-17(20-10-6-12-23-14-13-22-2)21-11-9-15-7-4-5-8-16(15)18/h4-5,7-8H,3,6,9-14H2,1-2H3,(H2,19,20,21). The minimum Gasteiger partial charge on any atom is -0.382 e. The summed E-state index contributed by atoms with van der Waals surface area (Å²) in [5, 5.41) is 6.40. The van der Waals surface area contributed by atoms with Crippen LogP contribution in [0.1, 0.15) is 18.9 Å². The molecule has 0 saturated heterocycles. The summed E-state index contributed by atoms with van der Waals surface area (Å²) in [4.78, 5) is 4.47. The third-order valence-corrected chi connectivity index (χ3v) is 3.14. The third kappa shape index (κ3) is 9.15. The normalized spacial score (nSPS) is 11.5. The summed E-state index contributed by atoms with van der Waals surface area (Å²) in [6, 6.07) is 6.84. The molecule has 1 rings (SSSR count). The molecule has 23 heavy (non-hydrogen) atoms. The maximum atomic E-state index is 13.5. The Morgan fingerprint density at radius 2 is 2.00 bits per heavy atom. The molecule has 0 atom stereocenters. The molecule has 6 heteroatoms. The van der Waals surface area contributed by atoms with Gasteiger partial charge in [0.05, 0.1) is 13.2 Å². The van der Waals surface area contributed by atoms with Crippen LogP contribution in [0, 0.1) is 5.82 Å². The van der Waals surface area contributed by atoms with Crippen LogP contribution in [-0.4, -0.2) is 52.5 Å². The second-order valence-corrected chi connectivity index (χ2v) is 4.99. The number of ether oxygens (including phenoxy) is 2. The summed E-state index contributed by atoms with van der Waals surface area (Å²) in [7, 11) is 1.66. The Kier molecular flexibility index (Phi) is 10.8. The van der Waals surface area contributed by atoms with Crippen LogP contribution in [0.5, 0.6) is 0 Å². The summed E-state index contributed by atoms with van der Waals surface area (Å²) in [6.07, 6.45) is 1.48. The number of halogens is 1. The minimum atomic E-state index is -0.163. The SMILES string of the molecule is CCNC(=NCCCOCCOC)NCCc1ccccc1F. The highest BCUT2D eigenvalue weighted by molar-refractivity contribution is 5.79. The Balaban J connectivity index is 2.25. The first kappa shape index (κ1) is 19.4. The van der Waals surface area contributed by atoms with Crippen LogP contribution in [0.4, 0.5) is 4.39 Å². The molecule has 1 aromatic carbocycles. The van der Waals surface area contributed by atoms with Gasteiger partial charge in [0.15, 0.2) is 5.96 Å². The summed E-state index contributed by atoms with van der Waals surface area (Å²) < 4.78 is 23.8. The molecule has 0 fully saturated rings. The van der Waals surface area contributed by atoms with Gasteiger partial charge in [-0.1, -0.05) is 18.2 Å². The van der Waals surface area contributed by atoms with Crippen LogP contribution in [0.3, 0.4) is 0 Å². The Morgan fingerprint density at radius 1 is 1.17 bits per heavy atom. The van der Waals surface area contributed by atoms with E-state index in [4.69, 9.17) is 9.47 Å². The van der Waals surface area contributed by atoms with E-state index >= 15 is 0 Å². The number of hydrogen-bond acceptors (Lipinski definition) is 3. The smallest absolute Gasteiger partial charge is 0.191 e. The summed E-state index contributed by atoms with van der Waals surface area (Å²) in [5.74, 6) is 0.588. The van der Waals surface area contributed by atoms with Crippen molar-refractivity contribution in [1.82, 2.24) is 10.6 Å². The number of methoxy groups -OCH3 is 1. The zero-order valence-electron chi connectivity index (χ0n) is 14.1. The van der Waals surface area contributed by atoms with E-state index in [-0.39, 0.29) is 5.82 Å². The summed E-state index contributed by atoms with van der Waals surface area (Å²) >= 11 is 0. The van der Waals surface area contributed by atoms with Crippen molar-refractivity contribution >= 4 is 5.96 Å². The number of nitrogens with one attached hydrogen (secondary N) is 2. The van der Waals surface area contributed by atoms with Crippen molar-refractivity contribution in [2.45, 2.75) is 19.8 Å². The first-order valence-electron chi connectivity index (χ1n) is 8.10. The van der Waals surface area contributed by atoms with Gasteiger partial charge in [0.1, 0.15) is 5.82 Å². The molecular formula is C17H28FN3O2. The molecule has 1 aromatic rings. The van der Waals surface area contributed by atoms with E-state index in [0.29, 0.717) is 44.9 Å². The van der Waals surface area contributed by atoms with Crippen molar-refractivity contribution in [3.05, 3.63) is 35.6 Å². The Labute approximate surface area is 138 Å². The summed E-state index contributed by atoms with van der Waals surface area (Å²) in [6.45, 7) is 6.02. The predicted octanol–water partition coefficient (Wildman–Crippen LogP) is 1.98. The highest BCUT2D eigenvalue weighted by Crippen LogP contribution is 2.05. The molecule has 130 valence electrons. The zero-order valence-corrected chi connectivity index (χ0v) is 14.1. The van der Waals surface area contributed by atoms with Crippen LogP contribution in [0.25, 0.3) is 0 Å². The maximum Gasteiger partial charge on any atom is 0.191 e. The van der Waals surface area contributed by atoms with Gasteiger partial charge in [-0.2, -0.15) is 0 Å². The van der Waals surface area contributed by atoms with Crippen molar-refractivity contribution in [1.29, 1.82) is 0 Å². The van der Waals surface area contributed by atoms with E-state index < -0.39 is 0 Å². The van der Waals surface area contributed by atoms with Crippen LogP contribution >= 0.6 is 0 Å². The number of aliphatic imine (C=N–C) groups is 1. The number of benzene rings is 1. The van der Waals surface area contributed by atoms with E-state index in [1.165, 1.54) is 6.07 Å². The van der Waals surface area contributed by atoms with Crippen molar-refractivity contribution in [2.75, 3.05) is 46.6 Å². The molecule has 0 aliphatic heterocycles. The summed E-state index contributed by atoms with van der Waals surface area (Å²) in [5.41, 5.74) is 0.711. The molecule has 0 aromatic heterocycles. The van der Waals surface area contributed by atoms with Gasteiger partial charge in [0.2, 0.25) is 0 Å². The molecular weight excluding hydrogens is 297 g/mol. The fourth-order valence-corrected chi connectivity index (χ4v) is 1.96. The van der Waals surface area contributed by atoms with E-state index in [2.05, 4.69) is 15.6 Å². The van der Waals surface area contributed by atoms with Crippen LogP contribution in [0.2, 0.25) is 0 Å². The van der Waals surface area contributed by atoms with Gasteiger partial charge >= 0.3 is 0 Å². The predicted molar refractivity (Wildman–Crippen MR) is 91.4 cm³/mol. The molecule has 0 aliphatic carbocycles. The van der Waals surface area contributed by atoms with E-state index in [1.54, 1.807) is 19.2 Å². The van der Waals surface area contributed by atoms with Gasteiger partial charge in [0, 0.05) is 33.4 Å². The zero-order chi connectivity index (χ0) is 16.8. The van der Waals surface area contributed by atoms with E-state index in [0.717, 1.165) is 18.9 Å². The lowest BCUT2D eigenvalue weighted by Gasteiger charge is -2.11. The second-order valence-electron chi connectivity index (χ2n) is 4.99. The van der Waals surface area contributed by atoms with Gasteiger partial charge < -0.3 is 20.1 Å². The number of nitrogens with zero attached hydrogens (tertiary/aromatic N) is 1. The van der Waals surface area contributed by atoms with Crippen LogP contribution in [-0.2, 0) is 15.9 Å². The average molecular weight is 325 g/mol. The maximum absolute atomic E-state index is 13.5. The quantitative estimate of drug-likeness (QED) is 0.371. The minimum absolute atomic E-state index is 0.163. The number of hydrogen-bond donors (Lipinski definition) is 2. The molecule has 0 radical (unpaired) electrons. The Hall–Kier alpha value is -1.66. The Morgan fingerprint density at radius 3 is 2.74 bits per heavy atom. The molecule has 0 unspecified atom stereocenters. The van der Waals surface area contributed by atoms with E-state index in [1.807, 2.05) is 13.0 Å². The molecule has 0 heterocycles. The van der Waals surface area contributed by atoms with Crippen molar-refractivity contribution in [2.24, 2.45) is 4.99 Å². The highest BCUT2D eigenvalue weighted by atomic mass is 19.1. The lowest BCUT2D eigenvalue weighted by atomic mass is 10.1. The fourth-order valence-electron chi connectivity index (χ4n) is 1.96.